The number of thiazole rings is 1. The standard InChI is InChI=1S/C22H25ClFN5O3S/c1-12(2)29-20(31)18-19(26-21(33-18)27-8-6-13(3)7-9-27)28(22(29)32)11-17(30)25-16-5-4-14(24)10-15(16)23/h4-5,10,12-13H,6-9,11H2,1-3H3,(H,25,30). The number of rotatable bonds is 5. The first kappa shape index (κ1) is 23.4. The Bertz CT molecular complexity index is 1320. The van der Waals surface area contributed by atoms with Crippen molar-refractivity contribution >= 4 is 50.0 Å². The van der Waals surface area contributed by atoms with E-state index in [4.69, 9.17) is 11.6 Å². The quantitative estimate of drug-likeness (QED) is 0.583. The molecule has 0 saturated carbocycles. The van der Waals surface area contributed by atoms with Crippen LogP contribution in [0.2, 0.25) is 5.02 Å². The van der Waals surface area contributed by atoms with Crippen molar-refractivity contribution in [3.05, 3.63) is 49.9 Å². The summed E-state index contributed by atoms with van der Waals surface area (Å²) in [4.78, 5) is 45.8. The lowest BCUT2D eigenvalue weighted by Crippen LogP contribution is -2.42. The first-order chi connectivity index (χ1) is 15.7. The summed E-state index contributed by atoms with van der Waals surface area (Å²) < 4.78 is 16.0. The number of halogens is 2. The van der Waals surface area contributed by atoms with Crippen LogP contribution in [0.5, 0.6) is 0 Å². The van der Waals surface area contributed by atoms with Crippen LogP contribution < -0.4 is 21.5 Å². The molecule has 1 N–H and O–H groups in total. The Kier molecular flexibility index (Phi) is 6.58. The molecule has 33 heavy (non-hydrogen) atoms. The molecule has 0 aliphatic carbocycles. The summed E-state index contributed by atoms with van der Waals surface area (Å²) in [6.07, 6.45) is 2.06. The molecular weight excluding hydrogens is 469 g/mol. The maximum atomic E-state index is 13.3. The van der Waals surface area contributed by atoms with Gasteiger partial charge in [0.05, 0.1) is 10.7 Å². The van der Waals surface area contributed by atoms with Crippen LogP contribution in [-0.4, -0.2) is 33.1 Å². The van der Waals surface area contributed by atoms with Crippen molar-refractivity contribution in [3.8, 4) is 0 Å². The second-order valence-electron chi connectivity index (χ2n) is 8.63. The van der Waals surface area contributed by atoms with Gasteiger partial charge in [0.25, 0.3) is 5.56 Å². The van der Waals surface area contributed by atoms with Crippen LogP contribution >= 0.6 is 22.9 Å². The molecule has 1 aliphatic rings. The third-order valence-corrected chi connectivity index (χ3v) is 7.19. The fourth-order valence-corrected chi connectivity index (χ4v) is 5.17. The topological polar surface area (TPSA) is 89.2 Å². The normalized spacial score (nSPS) is 14.9. The van der Waals surface area contributed by atoms with Crippen molar-refractivity contribution in [1.82, 2.24) is 14.1 Å². The van der Waals surface area contributed by atoms with Crippen molar-refractivity contribution in [3.63, 3.8) is 0 Å². The average Bonchev–Trinajstić information content (AvgIpc) is 3.19. The van der Waals surface area contributed by atoms with Gasteiger partial charge in [-0.1, -0.05) is 29.9 Å². The number of nitrogens with zero attached hydrogens (tertiary/aromatic N) is 4. The van der Waals surface area contributed by atoms with Crippen LogP contribution in [0, 0.1) is 11.7 Å². The minimum atomic E-state index is -0.605. The van der Waals surface area contributed by atoms with E-state index in [-0.39, 0.29) is 22.9 Å². The first-order valence-corrected chi connectivity index (χ1v) is 12.0. The number of carbonyl (C=O) groups is 1. The molecule has 0 unspecified atom stereocenters. The Morgan fingerprint density at radius 2 is 2.00 bits per heavy atom. The molecule has 1 amide bonds. The summed E-state index contributed by atoms with van der Waals surface area (Å²) in [6.45, 7) is 6.98. The molecular formula is C22H25ClFN5O3S. The van der Waals surface area contributed by atoms with Gasteiger partial charge in [-0.2, -0.15) is 0 Å². The predicted molar refractivity (Wildman–Crippen MR) is 129 cm³/mol. The number of hydrogen-bond donors (Lipinski definition) is 1. The highest BCUT2D eigenvalue weighted by molar-refractivity contribution is 7.22. The molecule has 1 aliphatic heterocycles. The molecule has 8 nitrogen and oxygen atoms in total. The van der Waals surface area contributed by atoms with E-state index in [2.05, 4.69) is 22.1 Å². The smallest absolute Gasteiger partial charge is 0.333 e. The number of carbonyl (C=O) groups excluding carboxylic acids is 1. The minimum Gasteiger partial charge on any atom is -0.348 e. The zero-order chi connectivity index (χ0) is 23.9. The highest BCUT2D eigenvalue weighted by Gasteiger charge is 2.24. The molecule has 2 aromatic heterocycles. The van der Waals surface area contributed by atoms with Crippen molar-refractivity contribution in [2.24, 2.45) is 5.92 Å². The Morgan fingerprint density at radius 3 is 2.64 bits per heavy atom. The number of nitrogens with one attached hydrogen (secondary N) is 1. The number of fused-ring (bicyclic) bond motifs is 1. The Balaban J connectivity index is 1.74. The Morgan fingerprint density at radius 1 is 1.30 bits per heavy atom. The van der Waals surface area contributed by atoms with Crippen LogP contribution in [0.4, 0.5) is 15.2 Å². The first-order valence-electron chi connectivity index (χ1n) is 10.8. The number of anilines is 2. The third kappa shape index (κ3) is 4.67. The second-order valence-corrected chi connectivity index (χ2v) is 10.0. The lowest BCUT2D eigenvalue weighted by atomic mass is 10.00. The molecule has 176 valence electrons. The lowest BCUT2D eigenvalue weighted by molar-refractivity contribution is -0.116. The number of aromatic nitrogens is 3. The summed E-state index contributed by atoms with van der Waals surface area (Å²) in [7, 11) is 0. The van der Waals surface area contributed by atoms with Crippen molar-refractivity contribution < 1.29 is 9.18 Å². The van der Waals surface area contributed by atoms with E-state index >= 15 is 0 Å². The SMILES string of the molecule is CC1CCN(c2nc3c(s2)c(=O)n(C(C)C)c(=O)n3CC(=O)Nc2ccc(F)cc2Cl)CC1. The van der Waals surface area contributed by atoms with E-state index in [1.54, 1.807) is 13.8 Å². The maximum absolute atomic E-state index is 13.3. The number of benzene rings is 1. The van der Waals surface area contributed by atoms with Crippen molar-refractivity contribution in [2.75, 3.05) is 23.3 Å². The second kappa shape index (κ2) is 9.26. The van der Waals surface area contributed by atoms with Gasteiger partial charge in [0.2, 0.25) is 5.91 Å². The highest BCUT2D eigenvalue weighted by Crippen LogP contribution is 2.30. The molecule has 1 aromatic carbocycles. The lowest BCUT2D eigenvalue weighted by Gasteiger charge is -2.29. The van der Waals surface area contributed by atoms with E-state index in [0.29, 0.717) is 15.7 Å². The molecule has 3 heterocycles. The predicted octanol–water partition coefficient (Wildman–Crippen LogP) is 3.87. The third-order valence-electron chi connectivity index (χ3n) is 5.78. The van der Waals surface area contributed by atoms with Crippen LogP contribution in [0.25, 0.3) is 10.3 Å². The van der Waals surface area contributed by atoms with Gasteiger partial charge < -0.3 is 10.2 Å². The molecule has 3 aromatic rings. The summed E-state index contributed by atoms with van der Waals surface area (Å²) in [5.74, 6) is -0.432. The number of piperidine rings is 1. The molecule has 0 radical (unpaired) electrons. The Labute approximate surface area is 198 Å². The fraction of sp³-hybridized carbons (Fsp3) is 0.455. The molecule has 4 rings (SSSR count). The largest absolute Gasteiger partial charge is 0.348 e. The number of amides is 1. The van der Waals surface area contributed by atoms with E-state index < -0.39 is 29.0 Å². The van der Waals surface area contributed by atoms with Crippen LogP contribution in [0.15, 0.2) is 27.8 Å². The van der Waals surface area contributed by atoms with E-state index in [0.717, 1.165) is 36.6 Å². The summed E-state index contributed by atoms with van der Waals surface area (Å²) in [5.41, 5.74) is -0.587. The van der Waals surface area contributed by atoms with Crippen LogP contribution in [0.3, 0.4) is 0 Å². The fourth-order valence-electron chi connectivity index (χ4n) is 3.90. The molecule has 0 bridgehead atoms. The molecule has 11 heteroatoms. The van der Waals surface area contributed by atoms with Gasteiger partial charge in [0, 0.05) is 19.1 Å². The molecule has 0 spiro atoms. The van der Waals surface area contributed by atoms with Crippen LogP contribution in [-0.2, 0) is 11.3 Å². The van der Waals surface area contributed by atoms with E-state index in [1.807, 2.05) is 0 Å². The molecule has 1 fully saturated rings. The Hall–Kier alpha value is -2.72. The summed E-state index contributed by atoms with van der Waals surface area (Å²) >= 11 is 7.25. The molecule has 1 saturated heterocycles. The highest BCUT2D eigenvalue weighted by atomic mass is 35.5. The van der Waals surface area contributed by atoms with Gasteiger partial charge >= 0.3 is 5.69 Å². The zero-order valence-corrected chi connectivity index (χ0v) is 20.2. The maximum Gasteiger partial charge on any atom is 0.333 e. The molecule has 0 atom stereocenters. The van der Waals surface area contributed by atoms with Crippen molar-refractivity contribution in [2.45, 2.75) is 46.2 Å². The summed E-state index contributed by atoms with van der Waals surface area (Å²) in [6, 6.07) is 3.22. The monoisotopic (exact) mass is 493 g/mol. The van der Waals surface area contributed by atoms with Crippen molar-refractivity contribution in [1.29, 1.82) is 0 Å². The van der Waals surface area contributed by atoms with Gasteiger partial charge in [-0.25, -0.2) is 14.2 Å². The minimum absolute atomic E-state index is 0.0447. The van der Waals surface area contributed by atoms with Gasteiger partial charge in [0.1, 0.15) is 17.1 Å². The number of hydrogen-bond acceptors (Lipinski definition) is 6. The average molecular weight is 494 g/mol. The van der Waals surface area contributed by atoms with E-state index in [9.17, 15) is 18.8 Å². The van der Waals surface area contributed by atoms with Gasteiger partial charge in [-0.05, 0) is 50.8 Å². The summed E-state index contributed by atoms with van der Waals surface area (Å²) in [5, 5.41) is 3.31. The van der Waals surface area contributed by atoms with Crippen LogP contribution in [0.1, 0.15) is 39.7 Å². The van der Waals surface area contributed by atoms with Gasteiger partial charge in [-0.15, -0.1) is 0 Å². The van der Waals surface area contributed by atoms with E-state index in [1.165, 1.54) is 28.0 Å². The van der Waals surface area contributed by atoms with Gasteiger partial charge in [0.15, 0.2) is 10.8 Å². The zero-order valence-electron chi connectivity index (χ0n) is 18.6. The van der Waals surface area contributed by atoms with Gasteiger partial charge in [-0.3, -0.25) is 18.7 Å².